The Hall–Kier alpha value is -1.65. The number of amides is 1. The minimum absolute atomic E-state index is 0.0239. The van der Waals surface area contributed by atoms with Crippen molar-refractivity contribution in [3.8, 4) is 0 Å². The molecule has 0 unspecified atom stereocenters. The van der Waals surface area contributed by atoms with Crippen molar-refractivity contribution in [1.29, 1.82) is 0 Å². The van der Waals surface area contributed by atoms with Crippen LogP contribution in [0.15, 0.2) is 29.2 Å². The van der Waals surface area contributed by atoms with Crippen LogP contribution < -0.4 is 10.5 Å². The standard InChI is InChI=1S/C14H18F3N3O3S/c15-14(16,17)10-2-1-3-12(8-10)24(22,23)19-9-13(21)20-6-4-11(18)5-7-20/h1-3,8,11,19H,4-7,9,18H2. The number of nitrogens with one attached hydrogen (secondary N) is 1. The molecule has 3 N–H and O–H groups in total. The van der Waals surface area contributed by atoms with Gasteiger partial charge in [-0.05, 0) is 31.0 Å². The fourth-order valence-electron chi connectivity index (χ4n) is 2.34. The van der Waals surface area contributed by atoms with Crippen LogP contribution in [-0.2, 0) is 21.0 Å². The first-order chi connectivity index (χ1) is 11.1. The second-order valence-electron chi connectivity index (χ2n) is 5.57. The molecule has 0 bridgehead atoms. The zero-order chi connectivity index (χ0) is 18.0. The largest absolute Gasteiger partial charge is 0.416 e. The maximum atomic E-state index is 12.7. The van der Waals surface area contributed by atoms with E-state index >= 15 is 0 Å². The third kappa shape index (κ3) is 4.68. The Labute approximate surface area is 137 Å². The first-order valence-electron chi connectivity index (χ1n) is 7.30. The van der Waals surface area contributed by atoms with Crippen LogP contribution in [-0.4, -0.2) is 44.9 Å². The van der Waals surface area contributed by atoms with E-state index in [1.807, 2.05) is 4.72 Å². The van der Waals surface area contributed by atoms with Crippen LogP contribution in [0.1, 0.15) is 18.4 Å². The molecule has 0 aliphatic carbocycles. The lowest BCUT2D eigenvalue weighted by Gasteiger charge is -2.30. The molecule has 1 aliphatic rings. The Balaban J connectivity index is 2.02. The van der Waals surface area contributed by atoms with Crippen molar-refractivity contribution in [3.63, 3.8) is 0 Å². The van der Waals surface area contributed by atoms with Gasteiger partial charge in [0.15, 0.2) is 0 Å². The highest BCUT2D eigenvalue weighted by Crippen LogP contribution is 2.30. The summed E-state index contributed by atoms with van der Waals surface area (Å²) in [7, 11) is -4.21. The molecule has 1 aromatic rings. The Bertz CT molecular complexity index is 699. The summed E-state index contributed by atoms with van der Waals surface area (Å²) in [6.07, 6.45) is -3.38. The van der Waals surface area contributed by atoms with Crippen LogP contribution in [0.25, 0.3) is 0 Å². The van der Waals surface area contributed by atoms with Gasteiger partial charge in [0.1, 0.15) is 0 Å². The van der Waals surface area contributed by atoms with E-state index in [1.165, 1.54) is 4.90 Å². The number of nitrogens with zero attached hydrogens (tertiary/aromatic N) is 1. The number of piperidine rings is 1. The third-order valence-corrected chi connectivity index (χ3v) is 5.18. The molecule has 134 valence electrons. The van der Waals surface area contributed by atoms with Gasteiger partial charge in [-0.2, -0.15) is 13.2 Å². The lowest BCUT2D eigenvalue weighted by atomic mass is 10.1. The first-order valence-corrected chi connectivity index (χ1v) is 8.78. The molecular formula is C14H18F3N3O3S. The topological polar surface area (TPSA) is 92.5 Å². The van der Waals surface area contributed by atoms with Gasteiger partial charge in [0, 0.05) is 19.1 Å². The molecule has 0 saturated carbocycles. The summed E-state index contributed by atoms with van der Waals surface area (Å²) in [6.45, 7) is 0.365. The average Bonchev–Trinajstić information content (AvgIpc) is 2.53. The normalized spacial score (nSPS) is 17.1. The Morgan fingerprint density at radius 2 is 1.92 bits per heavy atom. The summed E-state index contributed by atoms with van der Waals surface area (Å²) in [5, 5.41) is 0. The van der Waals surface area contributed by atoms with E-state index in [9.17, 15) is 26.4 Å². The number of carbonyl (C=O) groups is 1. The number of hydrogen-bond acceptors (Lipinski definition) is 4. The fourth-order valence-corrected chi connectivity index (χ4v) is 3.36. The molecule has 1 fully saturated rings. The van der Waals surface area contributed by atoms with Crippen molar-refractivity contribution in [2.24, 2.45) is 5.73 Å². The number of carbonyl (C=O) groups excluding carboxylic acids is 1. The van der Waals surface area contributed by atoms with Crippen molar-refractivity contribution >= 4 is 15.9 Å². The molecule has 1 heterocycles. The highest BCUT2D eigenvalue weighted by molar-refractivity contribution is 7.89. The molecule has 1 aromatic carbocycles. The molecular weight excluding hydrogens is 347 g/mol. The van der Waals surface area contributed by atoms with E-state index in [2.05, 4.69) is 0 Å². The van der Waals surface area contributed by atoms with Crippen molar-refractivity contribution in [3.05, 3.63) is 29.8 Å². The van der Waals surface area contributed by atoms with Gasteiger partial charge in [0.25, 0.3) is 0 Å². The van der Waals surface area contributed by atoms with E-state index in [4.69, 9.17) is 5.73 Å². The van der Waals surface area contributed by atoms with Crippen molar-refractivity contribution in [1.82, 2.24) is 9.62 Å². The van der Waals surface area contributed by atoms with Crippen molar-refractivity contribution in [2.45, 2.75) is 30.0 Å². The zero-order valence-electron chi connectivity index (χ0n) is 12.7. The summed E-state index contributed by atoms with van der Waals surface area (Å²) >= 11 is 0. The van der Waals surface area contributed by atoms with Gasteiger partial charge in [0.2, 0.25) is 15.9 Å². The van der Waals surface area contributed by atoms with Gasteiger partial charge in [-0.1, -0.05) is 6.07 Å². The third-order valence-electron chi connectivity index (χ3n) is 3.78. The number of hydrogen-bond donors (Lipinski definition) is 2. The zero-order valence-corrected chi connectivity index (χ0v) is 13.5. The quantitative estimate of drug-likeness (QED) is 0.830. The number of benzene rings is 1. The molecule has 24 heavy (non-hydrogen) atoms. The van der Waals surface area contributed by atoms with Gasteiger partial charge < -0.3 is 10.6 Å². The summed E-state index contributed by atoms with van der Waals surface area (Å²) in [5.41, 5.74) is 4.66. The number of halogens is 3. The van der Waals surface area contributed by atoms with E-state index in [1.54, 1.807) is 0 Å². The van der Waals surface area contributed by atoms with Gasteiger partial charge in [-0.15, -0.1) is 0 Å². The molecule has 10 heteroatoms. The predicted octanol–water partition coefficient (Wildman–Crippen LogP) is 0.933. The number of rotatable bonds is 4. The smallest absolute Gasteiger partial charge is 0.341 e. The molecule has 0 spiro atoms. The highest BCUT2D eigenvalue weighted by Gasteiger charge is 2.32. The summed E-state index contributed by atoms with van der Waals surface area (Å²) < 4.78 is 64.2. The van der Waals surface area contributed by atoms with Crippen LogP contribution in [0.4, 0.5) is 13.2 Å². The van der Waals surface area contributed by atoms with Gasteiger partial charge in [-0.25, -0.2) is 13.1 Å². The van der Waals surface area contributed by atoms with E-state index in [0.29, 0.717) is 32.0 Å². The van der Waals surface area contributed by atoms with Crippen molar-refractivity contribution < 1.29 is 26.4 Å². The van der Waals surface area contributed by atoms with E-state index in [-0.39, 0.29) is 6.04 Å². The SMILES string of the molecule is NC1CCN(C(=O)CNS(=O)(=O)c2cccc(C(F)(F)F)c2)CC1. The molecule has 2 rings (SSSR count). The van der Waals surface area contributed by atoms with Gasteiger partial charge in [-0.3, -0.25) is 4.79 Å². The molecule has 1 aliphatic heterocycles. The van der Waals surface area contributed by atoms with Crippen molar-refractivity contribution in [2.75, 3.05) is 19.6 Å². The average molecular weight is 365 g/mol. The Morgan fingerprint density at radius 1 is 1.29 bits per heavy atom. The molecule has 0 aromatic heterocycles. The number of likely N-dealkylation sites (tertiary alicyclic amines) is 1. The summed E-state index contributed by atoms with van der Waals surface area (Å²) in [4.78, 5) is 12.9. The minimum Gasteiger partial charge on any atom is -0.341 e. The van der Waals surface area contributed by atoms with Gasteiger partial charge >= 0.3 is 6.18 Å². The Morgan fingerprint density at radius 3 is 2.50 bits per heavy atom. The second-order valence-corrected chi connectivity index (χ2v) is 7.34. The van der Waals surface area contributed by atoms with E-state index in [0.717, 1.165) is 18.2 Å². The first kappa shape index (κ1) is 18.7. The minimum atomic E-state index is -4.64. The highest BCUT2D eigenvalue weighted by atomic mass is 32.2. The maximum Gasteiger partial charge on any atom is 0.416 e. The predicted molar refractivity (Wildman–Crippen MR) is 80.4 cm³/mol. The summed E-state index contributed by atoms with van der Waals surface area (Å²) in [5.74, 6) is -0.433. The van der Waals surface area contributed by atoms with Crippen LogP contribution >= 0.6 is 0 Å². The van der Waals surface area contributed by atoms with Crippen LogP contribution in [0, 0.1) is 0 Å². The number of nitrogens with two attached hydrogens (primary N) is 1. The maximum absolute atomic E-state index is 12.7. The molecule has 0 atom stereocenters. The number of sulfonamides is 1. The Kier molecular flexibility index (Phi) is 5.51. The lowest BCUT2D eigenvalue weighted by Crippen LogP contribution is -2.46. The van der Waals surface area contributed by atoms with Crippen LogP contribution in [0.2, 0.25) is 0 Å². The summed E-state index contributed by atoms with van der Waals surface area (Å²) in [6, 6.07) is 3.39. The number of alkyl halides is 3. The molecule has 1 saturated heterocycles. The lowest BCUT2D eigenvalue weighted by molar-refractivity contribution is -0.137. The van der Waals surface area contributed by atoms with Crippen LogP contribution in [0.5, 0.6) is 0 Å². The second kappa shape index (κ2) is 7.08. The molecule has 1 amide bonds. The van der Waals surface area contributed by atoms with Crippen LogP contribution in [0.3, 0.4) is 0 Å². The molecule has 6 nitrogen and oxygen atoms in total. The van der Waals surface area contributed by atoms with Gasteiger partial charge in [0.05, 0.1) is 17.0 Å². The monoisotopic (exact) mass is 365 g/mol. The van der Waals surface area contributed by atoms with E-state index < -0.39 is 39.1 Å². The fraction of sp³-hybridized carbons (Fsp3) is 0.500. The molecule has 0 radical (unpaired) electrons.